The van der Waals surface area contributed by atoms with E-state index in [0.29, 0.717) is 11.3 Å². The molecule has 0 spiro atoms. The maximum atomic E-state index is 3.65. The lowest BCUT2D eigenvalue weighted by atomic mass is 9.77. The second-order valence-corrected chi connectivity index (χ2v) is 8.44. The molecular formula is C17H28BrN. The van der Waals surface area contributed by atoms with Crippen LogP contribution in [0.1, 0.15) is 47.1 Å². The predicted octanol–water partition coefficient (Wildman–Crippen LogP) is 5.04. The van der Waals surface area contributed by atoms with Crippen molar-refractivity contribution < 1.29 is 0 Å². The average Bonchev–Trinajstić information content (AvgIpc) is 2.21. The average molecular weight is 326 g/mol. The minimum atomic E-state index is 0.181. The number of rotatable bonds is 4. The highest BCUT2D eigenvalue weighted by molar-refractivity contribution is 9.10. The van der Waals surface area contributed by atoms with Crippen molar-refractivity contribution in [2.75, 3.05) is 6.54 Å². The van der Waals surface area contributed by atoms with Gasteiger partial charge in [0, 0.05) is 10.0 Å². The van der Waals surface area contributed by atoms with Gasteiger partial charge in [0.25, 0.3) is 0 Å². The lowest BCUT2D eigenvalue weighted by Crippen LogP contribution is -2.42. The fourth-order valence-corrected chi connectivity index (χ4v) is 2.51. The molecule has 0 aliphatic heterocycles. The van der Waals surface area contributed by atoms with Crippen LogP contribution in [0.2, 0.25) is 0 Å². The molecule has 1 aromatic carbocycles. The molecule has 0 bridgehead atoms. The molecule has 1 unspecified atom stereocenters. The Kier molecular flexibility index (Phi) is 5.64. The highest BCUT2D eigenvalue weighted by Crippen LogP contribution is 2.29. The summed E-state index contributed by atoms with van der Waals surface area (Å²) in [6, 6.07) is 8.66. The van der Waals surface area contributed by atoms with Crippen LogP contribution in [-0.2, 0) is 6.42 Å². The van der Waals surface area contributed by atoms with E-state index in [1.54, 1.807) is 0 Å². The zero-order valence-corrected chi connectivity index (χ0v) is 14.8. The van der Waals surface area contributed by atoms with Crippen LogP contribution in [0.3, 0.4) is 0 Å². The lowest BCUT2D eigenvalue weighted by molar-refractivity contribution is 0.214. The molecule has 1 atom stereocenters. The molecule has 0 aliphatic carbocycles. The molecule has 1 nitrogen and oxygen atoms in total. The highest BCUT2D eigenvalue weighted by Gasteiger charge is 2.26. The Bertz CT molecular complexity index is 398. The molecule has 19 heavy (non-hydrogen) atoms. The van der Waals surface area contributed by atoms with E-state index in [0.717, 1.165) is 13.0 Å². The maximum Gasteiger partial charge on any atom is 0.0177 e. The number of nitrogens with one attached hydrogen (secondary N) is 1. The van der Waals surface area contributed by atoms with Gasteiger partial charge >= 0.3 is 0 Å². The highest BCUT2D eigenvalue weighted by atomic mass is 79.9. The molecule has 0 saturated carbocycles. The maximum absolute atomic E-state index is 3.65. The Hall–Kier alpha value is -0.340. The third-order valence-corrected chi connectivity index (χ3v) is 3.97. The van der Waals surface area contributed by atoms with Crippen molar-refractivity contribution in [1.82, 2.24) is 5.32 Å². The SMILES string of the molecule is CC(C)(C)NCC(Cc1cccc(Br)c1)C(C)(C)C. The van der Waals surface area contributed by atoms with Crippen LogP contribution in [0.4, 0.5) is 0 Å². The summed E-state index contributed by atoms with van der Waals surface area (Å²) in [6.45, 7) is 14.7. The van der Waals surface area contributed by atoms with E-state index < -0.39 is 0 Å². The van der Waals surface area contributed by atoms with E-state index in [1.807, 2.05) is 0 Å². The Morgan fingerprint density at radius 2 is 1.74 bits per heavy atom. The smallest absolute Gasteiger partial charge is 0.0177 e. The summed E-state index contributed by atoms with van der Waals surface area (Å²) in [5.41, 5.74) is 1.89. The van der Waals surface area contributed by atoms with Crippen molar-refractivity contribution in [3.8, 4) is 0 Å². The topological polar surface area (TPSA) is 12.0 Å². The predicted molar refractivity (Wildman–Crippen MR) is 88.5 cm³/mol. The zero-order chi connectivity index (χ0) is 14.7. The quantitative estimate of drug-likeness (QED) is 0.817. The van der Waals surface area contributed by atoms with Gasteiger partial charge in [0.1, 0.15) is 0 Å². The van der Waals surface area contributed by atoms with Crippen LogP contribution in [-0.4, -0.2) is 12.1 Å². The van der Waals surface area contributed by atoms with E-state index in [1.165, 1.54) is 10.0 Å². The molecule has 0 fully saturated rings. The van der Waals surface area contributed by atoms with Gasteiger partial charge in [-0.3, -0.25) is 0 Å². The molecule has 0 heterocycles. The molecule has 0 amide bonds. The van der Waals surface area contributed by atoms with Crippen molar-refractivity contribution in [3.05, 3.63) is 34.3 Å². The molecule has 1 N–H and O–H groups in total. The van der Waals surface area contributed by atoms with E-state index in [9.17, 15) is 0 Å². The van der Waals surface area contributed by atoms with Crippen molar-refractivity contribution in [2.24, 2.45) is 11.3 Å². The van der Waals surface area contributed by atoms with E-state index in [2.05, 4.69) is 87.1 Å². The Labute approximate surface area is 127 Å². The van der Waals surface area contributed by atoms with E-state index in [-0.39, 0.29) is 5.54 Å². The van der Waals surface area contributed by atoms with Crippen LogP contribution in [0.5, 0.6) is 0 Å². The summed E-state index contributed by atoms with van der Waals surface area (Å²) in [5, 5.41) is 3.65. The monoisotopic (exact) mass is 325 g/mol. The third-order valence-electron chi connectivity index (χ3n) is 3.47. The standard InChI is InChI=1S/C17H28BrN/c1-16(2,3)14(12-19-17(4,5)6)10-13-8-7-9-15(18)11-13/h7-9,11,14,19H,10,12H2,1-6H3. The molecule has 0 aliphatic rings. The third kappa shape index (κ3) is 6.58. The van der Waals surface area contributed by atoms with Gasteiger partial charge in [-0.05, 0) is 62.8 Å². The summed E-state index contributed by atoms with van der Waals surface area (Å²) in [6.07, 6.45) is 1.12. The Balaban J connectivity index is 2.76. The largest absolute Gasteiger partial charge is 0.312 e. The van der Waals surface area contributed by atoms with Gasteiger partial charge in [0.05, 0.1) is 0 Å². The van der Waals surface area contributed by atoms with Crippen LogP contribution >= 0.6 is 15.9 Å². The van der Waals surface area contributed by atoms with E-state index >= 15 is 0 Å². The van der Waals surface area contributed by atoms with Crippen LogP contribution in [0.15, 0.2) is 28.7 Å². The van der Waals surface area contributed by atoms with Crippen molar-refractivity contribution >= 4 is 15.9 Å². The zero-order valence-electron chi connectivity index (χ0n) is 13.2. The van der Waals surface area contributed by atoms with Crippen molar-refractivity contribution in [2.45, 2.75) is 53.5 Å². The number of halogens is 1. The molecule has 1 aromatic rings. The van der Waals surface area contributed by atoms with E-state index in [4.69, 9.17) is 0 Å². The summed E-state index contributed by atoms with van der Waals surface area (Å²) >= 11 is 3.56. The number of hydrogen-bond donors (Lipinski definition) is 1. The first kappa shape index (κ1) is 16.7. The second kappa shape index (κ2) is 6.41. The number of hydrogen-bond acceptors (Lipinski definition) is 1. The molecule has 0 saturated heterocycles. The molecule has 2 heteroatoms. The normalized spacial score (nSPS) is 14.5. The van der Waals surface area contributed by atoms with Gasteiger partial charge < -0.3 is 5.32 Å². The minimum absolute atomic E-state index is 0.181. The Morgan fingerprint density at radius 1 is 1.11 bits per heavy atom. The van der Waals surface area contributed by atoms with Crippen molar-refractivity contribution in [1.29, 1.82) is 0 Å². The van der Waals surface area contributed by atoms with Crippen LogP contribution in [0.25, 0.3) is 0 Å². The molecule has 108 valence electrons. The fourth-order valence-electron chi connectivity index (χ4n) is 2.06. The molecular weight excluding hydrogens is 298 g/mol. The second-order valence-electron chi connectivity index (χ2n) is 7.53. The van der Waals surface area contributed by atoms with Gasteiger partial charge in [-0.2, -0.15) is 0 Å². The van der Waals surface area contributed by atoms with Gasteiger partial charge in [-0.1, -0.05) is 48.8 Å². The summed E-state index contributed by atoms with van der Waals surface area (Å²) in [5.74, 6) is 0.626. The summed E-state index contributed by atoms with van der Waals surface area (Å²) in [7, 11) is 0. The fraction of sp³-hybridized carbons (Fsp3) is 0.647. The van der Waals surface area contributed by atoms with Gasteiger partial charge in [0.2, 0.25) is 0 Å². The first-order chi connectivity index (χ1) is 8.58. The summed E-state index contributed by atoms with van der Waals surface area (Å²) in [4.78, 5) is 0. The van der Waals surface area contributed by atoms with Gasteiger partial charge in [-0.15, -0.1) is 0 Å². The molecule has 1 rings (SSSR count). The first-order valence-electron chi connectivity index (χ1n) is 7.07. The van der Waals surface area contributed by atoms with Crippen molar-refractivity contribution in [3.63, 3.8) is 0 Å². The summed E-state index contributed by atoms with van der Waals surface area (Å²) < 4.78 is 1.17. The molecule has 0 radical (unpaired) electrons. The van der Waals surface area contributed by atoms with Crippen LogP contribution in [0, 0.1) is 11.3 Å². The van der Waals surface area contributed by atoms with Gasteiger partial charge in [-0.25, -0.2) is 0 Å². The van der Waals surface area contributed by atoms with Crippen LogP contribution < -0.4 is 5.32 Å². The molecule has 0 aromatic heterocycles. The van der Waals surface area contributed by atoms with Gasteiger partial charge in [0.15, 0.2) is 0 Å². The lowest BCUT2D eigenvalue weighted by Gasteiger charge is -2.34. The minimum Gasteiger partial charge on any atom is -0.312 e. The Morgan fingerprint density at radius 3 is 2.21 bits per heavy atom. The first-order valence-corrected chi connectivity index (χ1v) is 7.87. The number of benzene rings is 1.